The van der Waals surface area contributed by atoms with Gasteiger partial charge in [-0.15, -0.1) is 0 Å². The molecule has 0 radical (unpaired) electrons. The number of hydrogen-bond acceptors (Lipinski definition) is 4. The largest absolute Gasteiger partial charge is 0.494 e. The number of nitrogens with one attached hydrogen (secondary N) is 1. The third-order valence-corrected chi connectivity index (χ3v) is 3.56. The van der Waals surface area contributed by atoms with Crippen LogP contribution in [0.2, 0.25) is 0 Å². The zero-order chi connectivity index (χ0) is 14.4. The van der Waals surface area contributed by atoms with Crippen molar-refractivity contribution in [2.24, 2.45) is 0 Å². The van der Waals surface area contributed by atoms with Gasteiger partial charge >= 0.3 is 0 Å². The quantitative estimate of drug-likeness (QED) is 0.794. The van der Waals surface area contributed by atoms with Crippen LogP contribution < -0.4 is 14.8 Å². The summed E-state index contributed by atoms with van der Waals surface area (Å²) in [6.45, 7) is 5.58. The fourth-order valence-corrected chi connectivity index (χ4v) is 2.40. The van der Waals surface area contributed by atoms with Crippen LogP contribution >= 0.6 is 0 Å². The number of ether oxygens (including phenoxy) is 3. The van der Waals surface area contributed by atoms with E-state index in [2.05, 4.69) is 12.2 Å². The second-order valence-electron chi connectivity index (χ2n) is 5.03. The minimum atomic E-state index is 0.134. The molecule has 112 valence electrons. The molecular formula is C16H25NO3. The standard InChI is InChI=1S/C16H25NO3/c1-4-10-19-12-6-8-13(9-7-12)20-15-11-14(17-3)16(15)18-5-2/h6-9,14-17H,4-5,10-11H2,1-3H3. The molecule has 0 heterocycles. The Balaban J connectivity index is 1.86. The van der Waals surface area contributed by atoms with Crippen LogP contribution in [0.4, 0.5) is 0 Å². The summed E-state index contributed by atoms with van der Waals surface area (Å²) >= 11 is 0. The van der Waals surface area contributed by atoms with Crippen LogP contribution in [-0.4, -0.2) is 38.5 Å². The van der Waals surface area contributed by atoms with Crippen LogP contribution in [-0.2, 0) is 4.74 Å². The maximum atomic E-state index is 5.99. The Morgan fingerprint density at radius 1 is 1.15 bits per heavy atom. The van der Waals surface area contributed by atoms with E-state index in [0.29, 0.717) is 12.6 Å². The van der Waals surface area contributed by atoms with Crippen LogP contribution in [0.15, 0.2) is 24.3 Å². The van der Waals surface area contributed by atoms with Gasteiger partial charge in [0.2, 0.25) is 0 Å². The molecule has 0 saturated heterocycles. The monoisotopic (exact) mass is 279 g/mol. The lowest BCUT2D eigenvalue weighted by atomic mass is 9.85. The van der Waals surface area contributed by atoms with Crippen molar-refractivity contribution in [3.05, 3.63) is 24.3 Å². The van der Waals surface area contributed by atoms with Crippen molar-refractivity contribution in [1.82, 2.24) is 5.32 Å². The molecule has 20 heavy (non-hydrogen) atoms. The summed E-state index contributed by atoms with van der Waals surface area (Å²) in [4.78, 5) is 0. The molecule has 0 aliphatic heterocycles. The zero-order valence-corrected chi connectivity index (χ0v) is 12.6. The van der Waals surface area contributed by atoms with Gasteiger partial charge in [-0.3, -0.25) is 0 Å². The van der Waals surface area contributed by atoms with Crippen molar-refractivity contribution in [2.75, 3.05) is 20.3 Å². The van der Waals surface area contributed by atoms with Gasteiger partial charge in [0.1, 0.15) is 23.7 Å². The average molecular weight is 279 g/mol. The fraction of sp³-hybridized carbons (Fsp3) is 0.625. The lowest BCUT2D eigenvalue weighted by Gasteiger charge is -2.43. The Bertz CT molecular complexity index is 393. The summed E-state index contributed by atoms with van der Waals surface area (Å²) in [5.41, 5.74) is 0. The maximum Gasteiger partial charge on any atom is 0.128 e. The topological polar surface area (TPSA) is 39.7 Å². The molecule has 3 atom stereocenters. The Labute approximate surface area is 121 Å². The highest BCUT2D eigenvalue weighted by molar-refractivity contribution is 5.31. The zero-order valence-electron chi connectivity index (χ0n) is 12.6. The average Bonchev–Trinajstić information content (AvgIpc) is 2.47. The summed E-state index contributed by atoms with van der Waals surface area (Å²) in [6.07, 6.45) is 2.27. The smallest absolute Gasteiger partial charge is 0.128 e. The molecule has 2 rings (SSSR count). The van der Waals surface area contributed by atoms with Gasteiger partial charge in [0, 0.05) is 19.1 Å². The van der Waals surface area contributed by atoms with Gasteiger partial charge in [-0.1, -0.05) is 6.92 Å². The molecule has 1 aromatic carbocycles. The van der Waals surface area contributed by atoms with Gasteiger partial charge in [0.15, 0.2) is 0 Å². The summed E-state index contributed by atoms with van der Waals surface area (Å²) in [6, 6.07) is 8.22. The van der Waals surface area contributed by atoms with Crippen molar-refractivity contribution in [1.29, 1.82) is 0 Å². The Morgan fingerprint density at radius 3 is 2.45 bits per heavy atom. The van der Waals surface area contributed by atoms with E-state index >= 15 is 0 Å². The summed E-state index contributed by atoms with van der Waals surface area (Å²) in [5.74, 6) is 1.76. The number of rotatable bonds is 8. The van der Waals surface area contributed by atoms with Gasteiger partial charge in [-0.2, -0.15) is 0 Å². The van der Waals surface area contributed by atoms with E-state index in [1.165, 1.54) is 0 Å². The second kappa shape index (κ2) is 7.50. The maximum absolute atomic E-state index is 5.99. The normalized spacial score (nSPS) is 25.1. The second-order valence-corrected chi connectivity index (χ2v) is 5.03. The van der Waals surface area contributed by atoms with Crippen molar-refractivity contribution in [3.63, 3.8) is 0 Å². The molecule has 1 aliphatic rings. The number of benzene rings is 1. The van der Waals surface area contributed by atoms with Crippen LogP contribution in [0.3, 0.4) is 0 Å². The van der Waals surface area contributed by atoms with Gasteiger partial charge in [0.25, 0.3) is 0 Å². The Kier molecular flexibility index (Phi) is 5.68. The Morgan fingerprint density at radius 2 is 1.85 bits per heavy atom. The van der Waals surface area contributed by atoms with E-state index in [9.17, 15) is 0 Å². The molecule has 1 fully saturated rings. The molecule has 0 aromatic heterocycles. The lowest BCUT2D eigenvalue weighted by molar-refractivity contribution is -0.103. The lowest BCUT2D eigenvalue weighted by Crippen LogP contribution is -2.60. The molecule has 0 bridgehead atoms. The highest BCUT2D eigenvalue weighted by Gasteiger charge is 2.42. The van der Waals surface area contributed by atoms with Crippen LogP contribution in [0.1, 0.15) is 26.7 Å². The summed E-state index contributed by atoms with van der Waals surface area (Å²) in [7, 11) is 1.97. The van der Waals surface area contributed by atoms with Gasteiger partial charge in [0.05, 0.1) is 6.61 Å². The molecule has 1 aromatic rings. The highest BCUT2D eigenvalue weighted by Crippen LogP contribution is 2.29. The number of hydrogen-bond donors (Lipinski definition) is 1. The van der Waals surface area contributed by atoms with E-state index in [1.54, 1.807) is 0 Å². The van der Waals surface area contributed by atoms with Crippen molar-refractivity contribution < 1.29 is 14.2 Å². The Hall–Kier alpha value is -1.26. The van der Waals surface area contributed by atoms with E-state index in [0.717, 1.165) is 30.9 Å². The van der Waals surface area contributed by atoms with Crippen LogP contribution in [0, 0.1) is 0 Å². The highest BCUT2D eigenvalue weighted by atomic mass is 16.5. The third kappa shape index (κ3) is 3.64. The van der Waals surface area contributed by atoms with Crippen molar-refractivity contribution in [2.45, 2.75) is 44.9 Å². The SMILES string of the molecule is CCCOc1ccc(OC2CC(NC)C2OCC)cc1. The molecule has 4 nitrogen and oxygen atoms in total. The molecular weight excluding hydrogens is 254 g/mol. The minimum absolute atomic E-state index is 0.134. The van der Waals surface area contributed by atoms with Crippen LogP contribution in [0.5, 0.6) is 11.5 Å². The molecule has 3 unspecified atom stereocenters. The van der Waals surface area contributed by atoms with E-state index in [4.69, 9.17) is 14.2 Å². The predicted octanol–water partition coefficient (Wildman–Crippen LogP) is 2.62. The summed E-state index contributed by atoms with van der Waals surface area (Å²) in [5, 5.41) is 3.26. The van der Waals surface area contributed by atoms with Crippen molar-refractivity contribution >= 4 is 0 Å². The van der Waals surface area contributed by atoms with Crippen LogP contribution in [0.25, 0.3) is 0 Å². The first-order valence-electron chi connectivity index (χ1n) is 7.46. The summed E-state index contributed by atoms with van der Waals surface area (Å²) < 4.78 is 17.3. The van der Waals surface area contributed by atoms with Crippen molar-refractivity contribution in [3.8, 4) is 11.5 Å². The first-order chi connectivity index (χ1) is 9.78. The van der Waals surface area contributed by atoms with Gasteiger partial charge in [-0.05, 0) is 44.7 Å². The molecule has 0 spiro atoms. The van der Waals surface area contributed by atoms with E-state index in [-0.39, 0.29) is 12.2 Å². The third-order valence-electron chi connectivity index (χ3n) is 3.56. The molecule has 4 heteroatoms. The molecule has 1 saturated carbocycles. The van der Waals surface area contributed by atoms with Gasteiger partial charge in [-0.25, -0.2) is 0 Å². The van der Waals surface area contributed by atoms with E-state index < -0.39 is 0 Å². The predicted molar refractivity (Wildman–Crippen MR) is 79.5 cm³/mol. The molecule has 1 aliphatic carbocycles. The minimum Gasteiger partial charge on any atom is -0.494 e. The molecule has 1 N–H and O–H groups in total. The first kappa shape index (κ1) is 15.1. The molecule has 0 amide bonds. The first-order valence-corrected chi connectivity index (χ1v) is 7.46. The van der Waals surface area contributed by atoms with E-state index in [1.807, 2.05) is 38.2 Å². The van der Waals surface area contributed by atoms with Gasteiger partial charge < -0.3 is 19.5 Å². The number of likely N-dealkylation sites (N-methyl/N-ethyl adjacent to an activating group) is 1. The fourth-order valence-electron chi connectivity index (χ4n) is 2.40.